The first-order valence-electron chi connectivity index (χ1n) is 2.29. The third-order valence-electron chi connectivity index (χ3n) is 0.816. The van der Waals surface area contributed by atoms with Crippen LogP contribution in [0.15, 0.2) is 6.20 Å². The summed E-state index contributed by atoms with van der Waals surface area (Å²) in [5.74, 6) is 0. The predicted octanol–water partition coefficient (Wildman–Crippen LogP) is 2.33. The summed E-state index contributed by atoms with van der Waals surface area (Å²) in [5.41, 5.74) is 0.214. The molecule has 0 spiro atoms. The van der Waals surface area contributed by atoms with Gasteiger partial charge in [-0.15, -0.1) is 0 Å². The number of rotatable bonds is 0. The molecule has 10 heavy (non-hydrogen) atoms. The van der Waals surface area contributed by atoms with Gasteiger partial charge in [0.25, 0.3) is 0 Å². The Kier molecular flexibility index (Phi) is 2.05. The van der Waals surface area contributed by atoms with Crippen molar-refractivity contribution in [3.63, 3.8) is 0 Å². The summed E-state index contributed by atoms with van der Waals surface area (Å²) in [6, 6.07) is 0. The van der Waals surface area contributed by atoms with Gasteiger partial charge in [-0.1, -0.05) is 11.6 Å². The minimum absolute atomic E-state index is 0.0531. The van der Waals surface area contributed by atoms with Gasteiger partial charge in [0.1, 0.15) is 5.15 Å². The maximum atomic E-state index is 6.57. The average molecular weight is 174 g/mol. The molecule has 0 atom stereocenters. The third kappa shape index (κ3) is 1.35. The minimum Gasteiger partial charge on any atom is -0.238 e. The Balaban J connectivity index is 3.23. The first-order chi connectivity index (χ1) is 4.74. The van der Waals surface area contributed by atoms with E-state index in [2.05, 4.69) is 14.8 Å². The van der Waals surface area contributed by atoms with E-state index in [-0.39, 0.29) is 16.1 Å². The molecule has 0 aromatic carbocycles. The molecule has 0 aliphatic carbocycles. The Bertz CT molecular complexity index is 291. The van der Waals surface area contributed by atoms with Crippen molar-refractivity contribution in [1.29, 1.82) is 0 Å². The van der Waals surface area contributed by atoms with E-state index in [1.54, 1.807) is 0 Å². The van der Waals surface area contributed by atoms with Crippen LogP contribution < -0.4 is 0 Å². The monoisotopic (exact) mass is 173 g/mol. The Morgan fingerprint density at radius 1 is 1.50 bits per heavy atom. The van der Waals surface area contributed by atoms with Gasteiger partial charge < -0.3 is 0 Å². The van der Waals surface area contributed by atoms with Gasteiger partial charge in [-0.05, 0) is 11.6 Å². The Morgan fingerprint density at radius 2 is 2.20 bits per heavy atom. The molecule has 0 bridgehead atoms. The minimum atomic E-state index is 0.0531. The average Bonchev–Trinajstić information content (AvgIpc) is 1.88. The molecule has 0 aliphatic heterocycles. The lowest BCUT2D eigenvalue weighted by molar-refractivity contribution is 1.18. The van der Waals surface area contributed by atoms with Crippen LogP contribution in [0, 0.1) is 6.57 Å². The summed E-state index contributed by atoms with van der Waals surface area (Å²) in [5, 5.41) is 0.146. The van der Waals surface area contributed by atoms with Crippen molar-refractivity contribution >= 4 is 28.9 Å². The molecular weight excluding hydrogens is 173 g/mol. The summed E-state index contributed by atoms with van der Waals surface area (Å²) >= 11 is 10.8. The fourth-order valence-electron chi connectivity index (χ4n) is 0.410. The zero-order chi connectivity index (χ0) is 7.56. The van der Waals surface area contributed by atoms with Gasteiger partial charge in [0.05, 0.1) is 6.57 Å². The van der Waals surface area contributed by atoms with Gasteiger partial charge in [-0.25, -0.2) is 14.8 Å². The van der Waals surface area contributed by atoms with E-state index in [0.717, 1.165) is 0 Å². The Morgan fingerprint density at radius 3 is 2.70 bits per heavy atom. The van der Waals surface area contributed by atoms with E-state index in [1.165, 1.54) is 6.20 Å². The molecule has 3 nitrogen and oxygen atoms in total. The normalized spacial score (nSPS) is 8.90. The van der Waals surface area contributed by atoms with Crippen LogP contribution in [0.3, 0.4) is 0 Å². The molecule has 0 N–H and O–H groups in total. The van der Waals surface area contributed by atoms with E-state index in [0.29, 0.717) is 0 Å². The molecule has 5 heteroatoms. The van der Waals surface area contributed by atoms with Crippen LogP contribution in [-0.4, -0.2) is 9.97 Å². The molecule has 0 unspecified atom stereocenters. The van der Waals surface area contributed by atoms with Crippen LogP contribution in [0.2, 0.25) is 10.4 Å². The van der Waals surface area contributed by atoms with E-state index in [1.807, 2.05) is 0 Å². The summed E-state index contributed by atoms with van der Waals surface area (Å²) in [6.45, 7) is 6.57. The van der Waals surface area contributed by atoms with Gasteiger partial charge in [0.15, 0.2) is 0 Å². The van der Waals surface area contributed by atoms with Crippen molar-refractivity contribution in [2.75, 3.05) is 0 Å². The number of hydrogen-bond acceptors (Lipinski definition) is 2. The lowest BCUT2D eigenvalue weighted by Crippen LogP contribution is -1.80. The molecule has 0 saturated carbocycles. The maximum Gasteiger partial charge on any atom is 0.241 e. The standard InChI is InChI=1S/C5HCl2N3/c1-8-3-2-9-5(7)10-4(3)6/h2H. The van der Waals surface area contributed by atoms with Crippen molar-refractivity contribution in [1.82, 2.24) is 9.97 Å². The zero-order valence-corrected chi connectivity index (χ0v) is 6.19. The van der Waals surface area contributed by atoms with E-state index >= 15 is 0 Å². The molecule has 0 saturated heterocycles. The molecule has 1 heterocycles. The van der Waals surface area contributed by atoms with Crippen molar-refractivity contribution in [2.45, 2.75) is 0 Å². The number of nitrogens with zero attached hydrogens (tertiary/aromatic N) is 3. The van der Waals surface area contributed by atoms with Gasteiger partial charge in [0.2, 0.25) is 11.0 Å². The van der Waals surface area contributed by atoms with Crippen LogP contribution in [0.1, 0.15) is 0 Å². The summed E-state index contributed by atoms with van der Waals surface area (Å²) in [6.07, 6.45) is 1.28. The lowest BCUT2D eigenvalue weighted by atomic mass is 10.6. The SMILES string of the molecule is [C-]#[N+]c1cnc(Cl)nc1Cl. The van der Waals surface area contributed by atoms with Gasteiger partial charge in [-0.2, -0.15) is 0 Å². The van der Waals surface area contributed by atoms with Crippen LogP contribution in [0.5, 0.6) is 0 Å². The second kappa shape index (κ2) is 2.82. The van der Waals surface area contributed by atoms with Crippen molar-refractivity contribution < 1.29 is 0 Å². The summed E-state index contributed by atoms with van der Waals surface area (Å²) < 4.78 is 0. The van der Waals surface area contributed by atoms with Crippen molar-refractivity contribution in [3.05, 3.63) is 28.1 Å². The van der Waals surface area contributed by atoms with Crippen LogP contribution in [-0.2, 0) is 0 Å². The first kappa shape index (κ1) is 7.26. The molecule has 0 aliphatic rings. The first-order valence-corrected chi connectivity index (χ1v) is 3.05. The van der Waals surface area contributed by atoms with Gasteiger partial charge in [-0.3, -0.25) is 0 Å². The summed E-state index contributed by atoms with van der Waals surface area (Å²) in [7, 11) is 0. The van der Waals surface area contributed by atoms with Crippen molar-refractivity contribution in [3.8, 4) is 0 Å². The molecule has 50 valence electrons. The topological polar surface area (TPSA) is 30.1 Å². The van der Waals surface area contributed by atoms with Gasteiger partial charge in [0, 0.05) is 6.20 Å². The predicted molar refractivity (Wildman–Crippen MR) is 38.3 cm³/mol. The van der Waals surface area contributed by atoms with Crippen molar-refractivity contribution in [2.24, 2.45) is 0 Å². The molecule has 0 amide bonds. The highest BCUT2D eigenvalue weighted by atomic mass is 35.5. The summed E-state index contributed by atoms with van der Waals surface area (Å²) in [4.78, 5) is 10.2. The lowest BCUT2D eigenvalue weighted by Gasteiger charge is -1.91. The van der Waals surface area contributed by atoms with Crippen LogP contribution in [0.4, 0.5) is 5.69 Å². The quantitative estimate of drug-likeness (QED) is 0.343. The Labute approximate surface area is 67.4 Å². The van der Waals surface area contributed by atoms with Gasteiger partial charge >= 0.3 is 0 Å². The fourth-order valence-corrected chi connectivity index (χ4v) is 0.757. The van der Waals surface area contributed by atoms with E-state index in [9.17, 15) is 0 Å². The highest BCUT2D eigenvalue weighted by Crippen LogP contribution is 2.21. The molecule has 1 aromatic rings. The molecular formula is C5HCl2N3. The second-order valence-electron chi connectivity index (χ2n) is 1.43. The maximum absolute atomic E-state index is 6.57. The second-order valence-corrected chi connectivity index (χ2v) is 2.12. The zero-order valence-electron chi connectivity index (χ0n) is 4.67. The fraction of sp³-hybridized carbons (Fsp3) is 0. The number of hydrogen-bond donors (Lipinski definition) is 0. The Hall–Kier alpha value is -0.850. The van der Waals surface area contributed by atoms with Crippen LogP contribution in [0.25, 0.3) is 4.85 Å². The largest absolute Gasteiger partial charge is 0.241 e. The van der Waals surface area contributed by atoms with E-state index in [4.69, 9.17) is 29.8 Å². The highest BCUT2D eigenvalue weighted by molar-refractivity contribution is 6.33. The van der Waals surface area contributed by atoms with Crippen LogP contribution >= 0.6 is 23.2 Å². The number of aromatic nitrogens is 2. The third-order valence-corrected chi connectivity index (χ3v) is 1.28. The highest BCUT2D eigenvalue weighted by Gasteiger charge is 2.01. The molecule has 1 rings (SSSR count). The van der Waals surface area contributed by atoms with E-state index < -0.39 is 0 Å². The molecule has 0 fully saturated rings. The number of halogens is 2. The smallest absolute Gasteiger partial charge is 0.238 e. The molecule has 0 radical (unpaired) electrons. The molecule has 1 aromatic heterocycles.